The molecule has 1 aliphatic rings. The van der Waals surface area contributed by atoms with Crippen LogP contribution in [0.3, 0.4) is 0 Å². The van der Waals surface area contributed by atoms with Gasteiger partial charge in [-0.2, -0.15) is 8.78 Å². The van der Waals surface area contributed by atoms with Gasteiger partial charge in [-0.25, -0.2) is 19.7 Å². The van der Waals surface area contributed by atoms with E-state index in [1.807, 2.05) is 6.07 Å². The van der Waals surface area contributed by atoms with Crippen molar-refractivity contribution in [1.29, 1.82) is 0 Å². The van der Waals surface area contributed by atoms with E-state index < -0.39 is 12.1 Å². The van der Waals surface area contributed by atoms with Crippen LogP contribution in [0.5, 0.6) is 0 Å². The highest BCUT2D eigenvalue weighted by Gasteiger charge is 2.28. The number of imidazole rings is 1. The van der Waals surface area contributed by atoms with E-state index in [0.717, 1.165) is 18.2 Å². The number of aliphatic hydroxyl groups is 1. The van der Waals surface area contributed by atoms with Crippen LogP contribution in [0.15, 0.2) is 24.7 Å². The number of halogens is 2. The normalized spacial score (nSPS) is 16.7. The van der Waals surface area contributed by atoms with E-state index in [0.29, 0.717) is 30.3 Å². The minimum atomic E-state index is -2.72. The molecule has 0 saturated carbocycles. The maximum atomic E-state index is 12.4. The molecule has 2 amide bonds. The molecule has 1 aliphatic heterocycles. The number of aromatic amines is 1. The first kappa shape index (κ1) is 20.5. The van der Waals surface area contributed by atoms with Crippen molar-refractivity contribution in [1.82, 2.24) is 30.2 Å². The van der Waals surface area contributed by atoms with Crippen molar-refractivity contribution in [2.24, 2.45) is 0 Å². The largest absolute Gasteiger partial charge is 0.395 e. The average molecular weight is 406 g/mol. The molecule has 2 aromatic rings. The topological polar surface area (TPSA) is 133 Å². The molecule has 1 saturated heterocycles. The lowest BCUT2D eigenvalue weighted by Crippen LogP contribution is -2.42. The number of hydrogen-bond acceptors (Lipinski definition) is 5. The van der Waals surface area contributed by atoms with Crippen LogP contribution in [0.1, 0.15) is 23.9 Å². The molecule has 5 N–H and O–H groups in total. The fraction of sp³-hybridized carbons (Fsp3) is 0.389. The summed E-state index contributed by atoms with van der Waals surface area (Å²) in [4.78, 5) is 29.4. The molecule has 2 aromatic heterocycles. The smallest absolute Gasteiger partial charge is 0.320 e. The minimum absolute atomic E-state index is 0.0688. The highest BCUT2D eigenvalue weighted by molar-refractivity contribution is 5.95. The quantitative estimate of drug-likeness (QED) is 0.474. The Kier molecular flexibility index (Phi) is 6.60. The van der Waals surface area contributed by atoms with Crippen molar-refractivity contribution in [3.63, 3.8) is 0 Å². The summed E-state index contributed by atoms with van der Waals surface area (Å²) in [6.45, 7) is 1.23. The van der Waals surface area contributed by atoms with Crippen molar-refractivity contribution in [3.05, 3.63) is 36.2 Å². The Bertz CT molecular complexity index is 900. The third-order valence-corrected chi connectivity index (χ3v) is 4.53. The van der Waals surface area contributed by atoms with E-state index in [4.69, 9.17) is 10.5 Å². The van der Waals surface area contributed by atoms with Gasteiger partial charge in [-0.3, -0.25) is 5.41 Å². The number of nitrogens with one attached hydrogen (secondary N) is 2. The number of carbonyl (C=O) groups is 1. The van der Waals surface area contributed by atoms with E-state index in [9.17, 15) is 13.6 Å². The molecule has 11 heteroatoms. The summed E-state index contributed by atoms with van der Waals surface area (Å²) < 4.78 is 24.9. The highest BCUT2D eigenvalue weighted by Crippen LogP contribution is 2.27. The van der Waals surface area contributed by atoms with E-state index >= 15 is 0 Å². The third kappa shape index (κ3) is 5.19. The van der Waals surface area contributed by atoms with E-state index in [1.54, 1.807) is 11.1 Å². The fourth-order valence-corrected chi connectivity index (χ4v) is 3.00. The first-order valence-electron chi connectivity index (χ1n) is 9.07. The summed E-state index contributed by atoms with van der Waals surface area (Å²) in [5.41, 5.74) is 1.48. The van der Waals surface area contributed by atoms with Crippen LogP contribution < -0.4 is 10.7 Å². The molecule has 0 spiro atoms. The Morgan fingerprint density at radius 2 is 2.28 bits per heavy atom. The Labute approximate surface area is 165 Å². The van der Waals surface area contributed by atoms with Crippen molar-refractivity contribution in [3.8, 4) is 11.4 Å². The molecule has 1 fully saturated rings. The number of aromatic nitrogens is 4. The number of nitrogens with zero attached hydrogens (tertiary/aromatic N) is 4. The summed E-state index contributed by atoms with van der Waals surface area (Å²) in [6, 6.07) is 1.61. The number of alkyl halides is 2. The molecule has 154 valence electrons. The lowest BCUT2D eigenvalue weighted by molar-refractivity contribution is -0.124. The molecule has 1 atom stereocenters. The van der Waals surface area contributed by atoms with Crippen LogP contribution in [0, 0.1) is 0 Å². The summed E-state index contributed by atoms with van der Waals surface area (Å²) >= 11 is 0. The van der Waals surface area contributed by atoms with Crippen LogP contribution in [0.4, 0.5) is 13.6 Å². The Morgan fingerprint density at radius 1 is 1.45 bits per heavy atom. The van der Waals surface area contributed by atoms with Gasteiger partial charge in [-0.15, -0.1) is 0 Å². The zero-order valence-electron chi connectivity index (χ0n) is 15.6. The molecular formula is C18H22F2N7O2+. The van der Waals surface area contributed by atoms with Gasteiger partial charge < -0.3 is 20.3 Å². The first-order chi connectivity index (χ1) is 14.0. The number of likely N-dealkylation sites (tertiary alicyclic amines) is 1. The van der Waals surface area contributed by atoms with Crippen molar-refractivity contribution < 1.29 is 24.1 Å². The van der Waals surface area contributed by atoms with Crippen LogP contribution in [0.2, 0.25) is 0 Å². The summed E-state index contributed by atoms with van der Waals surface area (Å²) in [7, 11) is 0. The molecule has 29 heavy (non-hydrogen) atoms. The maximum absolute atomic E-state index is 12.4. The Balaban J connectivity index is 1.68. The fourth-order valence-electron chi connectivity index (χ4n) is 3.00. The van der Waals surface area contributed by atoms with Crippen molar-refractivity contribution in [2.75, 3.05) is 26.2 Å². The summed E-state index contributed by atoms with van der Waals surface area (Å²) in [5.74, 6) is 0.440. The Hall–Kier alpha value is -3.21. The number of amides is 2. The van der Waals surface area contributed by atoms with Gasteiger partial charge in [-0.1, -0.05) is 0 Å². The number of rotatable bonds is 7. The van der Waals surface area contributed by atoms with Crippen molar-refractivity contribution in [2.45, 2.75) is 18.8 Å². The number of nitrogens with two attached hydrogens (primary N) is 1. The number of allylic oxidation sites excluding steroid dienone is 1. The van der Waals surface area contributed by atoms with Gasteiger partial charge in [0.1, 0.15) is 12.2 Å². The second-order valence-corrected chi connectivity index (χ2v) is 6.53. The van der Waals surface area contributed by atoms with E-state index in [-0.39, 0.29) is 25.1 Å². The minimum Gasteiger partial charge on any atom is -0.395 e. The van der Waals surface area contributed by atoms with E-state index in [2.05, 4.69) is 25.3 Å². The zero-order chi connectivity index (χ0) is 20.8. The van der Waals surface area contributed by atoms with E-state index in [1.165, 1.54) is 12.4 Å². The zero-order valence-corrected chi connectivity index (χ0v) is 15.6. The number of H-pyrrole nitrogens is 1. The molecule has 3 rings (SSSR count). The van der Waals surface area contributed by atoms with Crippen LogP contribution in [-0.4, -0.2) is 74.4 Å². The number of aliphatic hydroxyl groups excluding tert-OH is 1. The van der Waals surface area contributed by atoms with Gasteiger partial charge in [0.05, 0.1) is 24.2 Å². The van der Waals surface area contributed by atoms with Crippen LogP contribution in [0.25, 0.3) is 17.5 Å². The molecule has 0 radical (unpaired) electrons. The van der Waals surface area contributed by atoms with Gasteiger partial charge in [0.25, 0.3) is 0 Å². The molecule has 0 bridgehead atoms. The lowest BCUT2D eigenvalue weighted by atomic mass is 10.0. The van der Waals surface area contributed by atoms with Gasteiger partial charge in [0, 0.05) is 37.3 Å². The number of carbonyl (C=O) groups excluding carboxylic acids is 1. The molecule has 1 unspecified atom stereocenters. The number of hydrogen-bond donors (Lipinski definition) is 4. The van der Waals surface area contributed by atoms with Crippen LogP contribution in [-0.2, 0) is 0 Å². The van der Waals surface area contributed by atoms with Gasteiger partial charge in [0.2, 0.25) is 5.71 Å². The van der Waals surface area contributed by atoms with Gasteiger partial charge in [-0.05, 0) is 18.6 Å². The lowest BCUT2D eigenvalue weighted by Gasteiger charge is -2.17. The molecule has 3 heterocycles. The predicted molar refractivity (Wildman–Crippen MR) is 101 cm³/mol. The SMILES string of the molecule is [NH2+]=C(/C=C\c1ncc(-c2cc(C3CCN(C(=O)NCCO)C3)ncn2)[nH]1)C(F)F. The second kappa shape index (κ2) is 9.32. The second-order valence-electron chi connectivity index (χ2n) is 6.53. The maximum Gasteiger partial charge on any atom is 0.320 e. The molecule has 9 nitrogen and oxygen atoms in total. The third-order valence-electron chi connectivity index (χ3n) is 4.53. The molecule has 0 aliphatic carbocycles. The highest BCUT2D eigenvalue weighted by atomic mass is 19.3. The van der Waals surface area contributed by atoms with Crippen LogP contribution >= 0.6 is 0 Å². The van der Waals surface area contributed by atoms with Crippen molar-refractivity contribution >= 4 is 17.8 Å². The van der Waals surface area contributed by atoms with Gasteiger partial charge >= 0.3 is 12.5 Å². The number of urea groups is 1. The molecule has 0 aromatic carbocycles. The predicted octanol–water partition coefficient (Wildman–Crippen LogP) is -0.164. The Morgan fingerprint density at radius 3 is 3.03 bits per heavy atom. The van der Waals surface area contributed by atoms with Gasteiger partial charge in [0.15, 0.2) is 0 Å². The monoisotopic (exact) mass is 406 g/mol. The summed E-state index contributed by atoms with van der Waals surface area (Å²) in [5, 5.41) is 16.7. The standard InChI is InChI=1S/C18H21F2N7O2/c19-17(20)12(21)1-2-16-23-8-15(26-16)14-7-13(24-10-25-14)11-3-5-27(9-11)18(29)22-4-6-28/h1-2,7-8,10-11,17,21,28H,3-6,9H2,(H,22,29)(H,23,26)/p+1/b2-1-,21-12?. The summed E-state index contributed by atoms with van der Waals surface area (Å²) in [6.07, 6.45) is 3.51. The first-order valence-corrected chi connectivity index (χ1v) is 9.07. The molecular weight excluding hydrogens is 384 g/mol. The average Bonchev–Trinajstić information content (AvgIpc) is 3.40.